The molecule has 0 fully saturated rings. The van der Waals surface area contributed by atoms with E-state index in [-0.39, 0.29) is 11.4 Å². The van der Waals surface area contributed by atoms with Crippen LogP contribution < -0.4 is 4.74 Å². The van der Waals surface area contributed by atoms with Gasteiger partial charge in [-0.15, -0.1) is 0 Å². The summed E-state index contributed by atoms with van der Waals surface area (Å²) >= 11 is 0. The maximum atomic E-state index is 12.1. The van der Waals surface area contributed by atoms with E-state index in [0.717, 1.165) is 17.2 Å². The number of carboxylic acid groups (broad SMARTS) is 1. The fraction of sp³-hybridized carbons (Fsp3) is 0.462. The van der Waals surface area contributed by atoms with Crippen LogP contribution >= 0.6 is 0 Å². The lowest BCUT2D eigenvalue weighted by molar-refractivity contribution is -0.154. The number of likely N-dealkylation sites (N-methyl/N-ethyl adjacent to an activating group) is 1. The van der Waals surface area contributed by atoms with Crippen molar-refractivity contribution < 1.29 is 32.6 Å². The van der Waals surface area contributed by atoms with Gasteiger partial charge in [-0.3, -0.25) is 4.79 Å². The molecule has 1 amide bonds. The van der Waals surface area contributed by atoms with Gasteiger partial charge in [0.25, 0.3) is 5.91 Å². The molecule has 9 heteroatoms. The first-order valence-corrected chi connectivity index (χ1v) is 6.12. The maximum Gasteiger partial charge on any atom is 0.422 e. The number of nitrogens with zero attached hydrogens (tertiary/aromatic N) is 2. The summed E-state index contributed by atoms with van der Waals surface area (Å²) in [4.78, 5) is 27.8. The first-order chi connectivity index (χ1) is 9.95. The second-order valence-corrected chi connectivity index (χ2v) is 5.02. The van der Waals surface area contributed by atoms with E-state index in [9.17, 15) is 22.8 Å². The predicted octanol–water partition coefficient (Wildman–Crippen LogP) is 1.96. The third-order valence-electron chi connectivity index (χ3n) is 3.03. The molecule has 0 saturated heterocycles. The van der Waals surface area contributed by atoms with E-state index in [0.29, 0.717) is 0 Å². The number of ether oxygens (including phenoxy) is 1. The lowest BCUT2D eigenvalue weighted by Crippen LogP contribution is -2.50. The van der Waals surface area contributed by atoms with E-state index in [2.05, 4.69) is 9.72 Å². The Kier molecular flexibility index (Phi) is 5.00. The highest BCUT2D eigenvalue weighted by Gasteiger charge is 2.35. The second kappa shape index (κ2) is 6.20. The van der Waals surface area contributed by atoms with E-state index >= 15 is 0 Å². The summed E-state index contributed by atoms with van der Waals surface area (Å²) in [5, 5.41) is 9.06. The fourth-order valence-corrected chi connectivity index (χ4v) is 1.34. The van der Waals surface area contributed by atoms with E-state index < -0.39 is 30.2 Å². The molecular weight excluding hydrogens is 305 g/mol. The smallest absolute Gasteiger partial charge is 0.422 e. The number of aliphatic carboxylic acids is 1. The molecule has 6 nitrogen and oxygen atoms in total. The van der Waals surface area contributed by atoms with Crippen molar-refractivity contribution in [3.05, 3.63) is 23.9 Å². The minimum Gasteiger partial charge on any atom is -0.480 e. The molecule has 0 aromatic carbocycles. The van der Waals surface area contributed by atoms with Crippen molar-refractivity contribution in [3.8, 4) is 5.88 Å². The predicted molar refractivity (Wildman–Crippen MR) is 69.6 cm³/mol. The van der Waals surface area contributed by atoms with Crippen LogP contribution in [0.2, 0.25) is 0 Å². The Balaban J connectivity index is 2.82. The molecule has 0 aliphatic rings. The first-order valence-electron chi connectivity index (χ1n) is 6.12. The molecular formula is C13H15F3N2O4. The monoisotopic (exact) mass is 320 g/mol. The number of alkyl halides is 3. The molecule has 0 aliphatic heterocycles. The number of carbonyl (C=O) groups is 2. The average molecular weight is 320 g/mol. The van der Waals surface area contributed by atoms with Crippen molar-refractivity contribution in [2.45, 2.75) is 25.6 Å². The summed E-state index contributed by atoms with van der Waals surface area (Å²) in [6.07, 6.45) is -3.45. The first kappa shape index (κ1) is 17.7. The zero-order valence-electron chi connectivity index (χ0n) is 12.1. The molecule has 122 valence electrons. The van der Waals surface area contributed by atoms with Crippen molar-refractivity contribution in [1.29, 1.82) is 0 Å². The van der Waals surface area contributed by atoms with Gasteiger partial charge in [-0.2, -0.15) is 13.2 Å². The summed E-state index contributed by atoms with van der Waals surface area (Å²) in [6, 6.07) is 2.33. The molecule has 0 unspecified atom stereocenters. The number of carboxylic acids is 1. The van der Waals surface area contributed by atoms with Gasteiger partial charge in [-0.1, -0.05) is 0 Å². The third-order valence-corrected chi connectivity index (χ3v) is 3.03. The van der Waals surface area contributed by atoms with Gasteiger partial charge in [0.1, 0.15) is 5.54 Å². The van der Waals surface area contributed by atoms with E-state index in [1.54, 1.807) is 0 Å². The number of halogens is 3. The lowest BCUT2D eigenvalue weighted by atomic mass is 10.0. The van der Waals surface area contributed by atoms with Crippen LogP contribution in [0.5, 0.6) is 5.88 Å². The number of hydrogen-bond donors (Lipinski definition) is 1. The Morgan fingerprint density at radius 1 is 1.32 bits per heavy atom. The Morgan fingerprint density at radius 3 is 2.32 bits per heavy atom. The molecule has 0 radical (unpaired) electrons. The molecule has 1 rings (SSSR count). The fourth-order valence-electron chi connectivity index (χ4n) is 1.34. The van der Waals surface area contributed by atoms with Crippen LogP contribution in [0.25, 0.3) is 0 Å². The van der Waals surface area contributed by atoms with Crippen LogP contribution in [-0.4, -0.2) is 52.2 Å². The minimum absolute atomic E-state index is 0.0381. The van der Waals surface area contributed by atoms with Gasteiger partial charge in [0, 0.05) is 19.3 Å². The molecule has 0 aliphatic carbocycles. The van der Waals surface area contributed by atoms with E-state index in [4.69, 9.17) is 5.11 Å². The summed E-state index contributed by atoms with van der Waals surface area (Å²) in [5.41, 5.74) is -1.40. The van der Waals surface area contributed by atoms with Crippen LogP contribution in [0.4, 0.5) is 13.2 Å². The molecule has 1 aromatic heterocycles. The maximum absolute atomic E-state index is 12.1. The Hall–Kier alpha value is -2.32. The largest absolute Gasteiger partial charge is 0.480 e. The standard InChI is InChI=1S/C13H15F3N2O4/c1-12(2,11(20)21)18(3)10(19)8-4-5-9(17-6-8)22-7-13(14,15)16/h4-6H,7H2,1-3H3,(H,20,21). The number of hydrogen-bond acceptors (Lipinski definition) is 4. The normalized spacial score (nSPS) is 11.9. The van der Waals surface area contributed by atoms with Gasteiger partial charge in [0.15, 0.2) is 6.61 Å². The molecule has 0 spiro atoms. The van der Waals surface area contributed by atoms with Crippen LogP contribution in [-0.2, 0) is 4.79 Å². The molecule has 0 atom stereocenters. The van der Waals surface area contributed by atoms with Gasteiger partial charge >= 0.3 is 12.1 Å². The Morgan fingerprint density at radius 2 is 1.91 bits per heavy atom. The minimum atomic E-state index is -4.48. The third kappa shape index (κ3) is 4.34. The van der Waals surface area contributed by atoms with Crippen LogP contribution in [0.1, 0.15) is 24.2 Å². The van der Waals surface area contributed by atoms with Crippen molar-refractivity contribution in [1.82, 2.24) is 9.88 Å². The van der Waals surface area contributed by atoms with Crippen LogP contribution in [0.3, 0.4) is 0 Å². The summed E-state index contributed by atoms with van der Waals surface area (Å²) in [5.74, 6) is -2.10. The topological polar surface area (TPSA) is 79.7 Å². The average Bonchev–Trinajstić information content (AvgIpc) is 2.43. The highest BCUT2D eigenvalue weighted by molar-refractivity contribution is 5.97. The van der Waals surface area contributed by atoms with Gasteiger partial charge in [0.05, 0.1) is 5.56 Å². The molecule has 22 heavy (non-hydrogen) atoms. The molecule has 0 saturated carbocycles. The SMILES string of the molecule is CN(C(=O)c1ccc(OCC(F)(F)F)nc1)C(C)(C)C(=O)O. The summed E-state index contributed by atoms with van der Waals surface area (Å²) in [6.45, 7) is 1.21. The number of pyridine rings is 1. The van der Waals surface area contributed by atoms with Gasteiger partial charge in [0.2, 0.25) is 5.88 Å². The highest BCUT2D eigenvalue weighted by Crippen LogP contribution is 2.19. The van der Waals surface area contributed by atoms with Gasteiger partial charge < -0.3 is 14.7 Å². The highest BCUT2D eigenvalue weighted by atomic mass is 19.4. The van der Waals surface area contributed by atoms with Crippen LogP contribution in [0.15, 0.2) is 18.3 Å². The van der Waals surface area contributed by atoms with Crippen molar-refractivity contribution in [2.75, 3.05) is 13.7 Å². The number of amides is 1. The Labute approximate surface area is 124 Å². The zero-order chi connectivity index (χ0) is 17.1. The number of carbonyl (C=O) groups excluding carboxylic acids is 1. The zero-order valence-corrected chi connectivity index (χ0v) is 12.1. The Bertz CT molecular complexity index is 555. The number of aromatic nitrogens is 1. The molecule has 0 bridgehead atoms. The molecule has 1 aromatic rings. The van der Waals surface area contributed by atoms with Gasteiger partial charge in [-0.05, 0) is 19.9 Å². The molecule has 1 heterocycles. The van der Waals surface area contributed by atoms with E-state index in [1.807, 2.05) is 0 Å². The lowest BCUT2D eigenvalue weighted by Gasteiger charge is -2.31. The number of rotatable bonds is 5. The molecule has 1 N–H and O–H groups in total. The summed E-state index contributed by atoms with van der Waals surface area (Å²) in [7, 11) is 1.31. The van der Waals surface area contributed by atoms with E-state index in [1.165, 1.54) is 27.0 Å². The summed E-state index contributed by atoms with van der Waals surface area (Å²) < 4.78 is 40.4. The van der Waals surface area contributed by atoms with Crippen molar-refractivity contribution in [2.24, 2.45) is 0 Å². The van der Waals surface area contributed by atoms with Gasteiger partial charge in [-0.25, -0.2) is 9.78 Å². The van der Waals surface area contributed by atoms with Crippen molar-refractivity contribution in [3.63, 3.8) is 0 Å². The quantitative estimate of drug-likeness (QED) is 0.897. The van der Waals surface area contributed by atoms with Crippen molar-refractivity contribution >= 4 is 11.9 Å². The second-order valence-electron chi connectivity index (χ2n) is 5.02. The van der Waals surface area contributed by atoms with Crippen LogP contribution in [0, 0.1) is 0 Å².